The Hall–Kier alpha value is -0.890. The molecule has 0 radical (unpaired) electrons. The Morgan fingerprint density at radius 2 is 2.11 bits per heavy atom. The molecule has 2 nitrogen and oxygen atoms in total. The molecule has 0 saturated heterocycles. The Morgan fingerprint density at radius 3 is 3.00 bits per heavy atom. The first-order valence-corrected chi connectivity index (χ1v) is 7.96. The van der Waals surface area contributed by atoms with Crippen molar-refractivity contribution in [2.24, 2.45) is 23.7 Å². The summed E-state index contributed by atoms with van der Waals surface area (Å²) < 4.78 is 0. The van der Waals surface area contributed by atoms with Crippen molar-refractivity contribution in [3.8, 4) is 0 Å². The molecule has 0 amide bonds. The molecule has 3 saturated carbocycles. The van der Waals surface area contributed by atoms with Crippen molar-refractivity contribution in [3.05, 3.63) is 29.6 Å². The number of aromatic nitrogens is 1. The van der Waals surface area contributed by atoms with Crippen molar-refractivity contribution in [2.75, 3.05) is 0 Å². The first-order chi connectivity index (χ1) is 9.33. The molecule has 5 atom stereocenters. The van der Waals surface area contributed by atoms with E-state index in [1.807, 2.05) is 12.4 Å². The number of nitrogens with zero attached hydrogens (tertiary/aromatic N) is 1. The molecule has 3 aliphatic rings. The molecule has 3 aliphatic carbocycles. The van der Waals surface area contributed by atoms with E-state index in [1.54, 1.807) is 0 Å². The third-order valence-corrected chi connectivity index (χ3v) is 6.12. The van der Waals surface area contributed by atoms with E-state index < -0.39 is 0 Å². The SMILES string of the molecule is Cc1cnccc1CNC1CC2CC1C1CCCC21. The van der Waals surface area contributed by atoms with E-state index in [9.17, 15) is 0 Å². The average molecular weight is 256 g/mol. The molecule has 19 heavy (non-hydrogen) atoms. The maximum atomic E-state index is 4.18. The lowest BCUT2D eigenvalue weighted by molar-refractivity contribution is 0.208. The minimum atomic E-state index is 0.789. The van der Waals surface area contributed by atoms with Gasteiger partial charge < -0.3 is 5.32 Å². The average Bonchev–Trinajstić information content (AvgIpc) is 3.10. The van der Waals surface area contributed by atoms with Crippen molar-refractivity contribution in [3.63, 3.8) is 0 Å². The van der Waals surface area contributed by atoms with Crippen LogP contribution in [0, 0.1) is 30.6 Å². The molecule has 1 aromatic rings. The van der Waals surface area contributed by atoms with E-state index in [0.29, 0.717) is 0 Å². The summed E-state index contributed by atoms with van der Waals surface area (Å²) in [5.74, 6) is 4.20. The van der Waals surface area contributed by atoms with Crippen molar-refractivity contribution in [1.82, 2.24) is 10.3 Å². The largest absolute Gasteiger partial charge is 0.310 e. The Bertz CT molecular complexity index is 470. The Labute approximate surface area is 116 Å². The molecule has 0 aromatic carbocycles. The normalized spacial score (nSPS) is 39.7. The minimum Gasteiger partial charge on any atom is -0.310 e. The number of rotatable bonds is 3. The van der Waals surface area contributed by atoms with E-state index in [-0.39, 0.29) is 0 Å². The summed E-state index contributed by atoms with van der Waals surface area (Å²) in [4.78, 5) is 4.18. The van der Waals surface area contributed by atoms with E-state index >= 15 is 0 Å². The summed E-state index contributed by atoms with van der Waals surface area (Å²) in [6, 6.07) is 2.95. The predicted octanol–water partition coefficient (Wildman–Crippen LogP) is 3.30. The number of nitrogens with one attached hydrogen (secondary N) is 1. The van der Waals surface area contributed by atoms with E-state index in [0.717, 1.165) is 36.3 Å². The maximum absolute atomic E-state index is 4.18. The van der Waals surface area contributed by atoms with Crippen LogP contribution in [0.3, 0.4) is 0 Å². The van der Waals surface area contributed by atoms with Crippen LogP contribution >= 0.6 is 0 Å². The lowest BCUT2D eigenvalue weighted by Crippen LogP contribution is -2.39. The highest BCUT2D eigenvalue weighted by molar-refractivity contribution is 5.21. The van der Waals surface area contributed by atoms with Gasteiger partial charge in [-0.3, -0.25) is 4.98 Å². The highest BCUT2D eigenvalue weighted by Crippen LogP contribution is 2.58. The van der Waals surface area contributed by atoms with Crippen molar-refractivity contribution >= 4 is 0 Å². The molecule has 2 heteroatoms. The van der Waals surface area contributed by atoms with Gasteiger partial charge in [0.25, 0.3) is 0 Å². The zero-order chi connectivity index (χ0) is 12.8. The zero-order valence-electron chi connectivity index (χ0n) is 11.8. The lowest BCUT2D eigenvalue weighted by atomic mass is 9.79. The highest BCUT2D eigenvalue weighted by Gasteiger charge is 2.53. The van der Waals surface area contributed by atoms with E-state index in [1.165, 1.54) is 43.2 Å². The van der Waals surface area contributed by atoms with Crippen molar-refractivity contribution < 1.29 is 0 Å². The van der Waals surface area contributed by atoms with Gasteiger partial charge >= 0.3 is 0 Å². The smallest absolute Gasteiger partial charge is 0.0300 e. The van der Waals surface area contributed by atoms with Gasteiger partial charge in [-0.05, 0) is 73.5 Å². The Balaban J connectivity index is 1.41. The summed E-state index contributed by atoms with van der Waals surface area (Å²) in [6.45, 7) is 3.19. The summed E-state index contributed by atoms with van der Waals surface area (Å²) in [6.07, 6.45) is 11.4. The fourth-order valence-corrected chi connectivity index (χ4v) is 5.24. The first kappa shape index (κ1) is 11.9. The second-order valence-electron chi connectivity index (χ2n) is 6.94. The third-order valence-electron chi connectivity index (χ3n) is 6.12. The molecule has 4 rings (SSSR count). The number of fused-ring (bicyclic) bond motifs is 5. The van der Waals surface area contributed by atoms with E-state index in [2.05, 4.69) is 23.3 Å². The van der Waals surface area contributed by atoms with Crippen LogP contribution in [-0.4, -0.2) is 11.0 Å². The summed E-state index contributed by atoms with van der Waals surface area (Å²) in [5.41, 5.74) is 2.73. The van der Waals surface area contributed by atoms with Crippen LogP contribution in [0.25, 0.3) is 0 Å². The monoisotopic (exact) mass is 256 g/mol. The molecule has 0 aliphatic heterocycles. The van der Waals surface area contributed by atoms with Gasteiger partial charge in [0, 0.05) is 25.0 Å². The van der Waals surface area contributed by atoms with Gasteiger partial charge in [0.05, 0.1) is 0 Å². The number of aryl methyl sites for hydroxylation is 1. The van der Waals surface area contributed by atoms with Gasteiger partial charge in [-0.25, -0.2) is 0 Å². The van der Waals surface area contributed by atoms with Crippen LogP contribution in [0.15, 0.2) is 18.5 Å². The Morgan fingerprint density at radius 1 is 1.21 bits per heavy atom. The molecule has 2 bridgehead atoms. The van der Waals surface area contributed by atoms with Crippen LogP contribution in [0.5, 0.6) is 0 Å². The quantitative estimate of drug-likeness (QED) is 0.897. The van der Waals surface area contributed by atoms with Crippen molar-refractivity contribution in [2.45, 2.75) is 51.6 Å². The van der Waals surface area contributed by atoms with Crippen LogP contribution in [0.2, 0.25) is 0 Å². The number of hydrogen-bond donors (Lipinski definition) is 1. The Kier molecular flexibility index (Phi) is 2.87. The van der Waals surface area contributed by atoms with Crippen LogP contribution in [-0.2, 0) is 6.54 Å². The van der Waals surface area contributed by atoms with Gasteiger partial charge in [-0.15, -0.1) is 0 Å². The maximum Gasteiger partial charge on any atom is 0.0300 e. The summed E-state index contributed by atoms with van der Waals surface area (Å²) in [7, 11) is 0. The highest BCUT2D eigenvalue weighted by atomic mass is 14.9. The molecular weight excluding hydrogens is 232 g/mol. The van der Waals surface area contributed by atoms with Crippen LogP contribution in [0.4, 0.5) is 0 Å². The molecule has 1 N–H and O–H groups in total. The van der Waals surface area contributed by atoms with Crippen LogP contribution in [0.1, 0.15) is 43.2 Å². The van der Waals surface area contributed by atoms with Gasteiger partial charge in [0.15, 0.2) is 0 Å². The minimum absolute atomic E-state index is 0.789. The van der Waals surface area contributed by atoms with Gasteiger partial charge in [-0.1, -0.05) is 6.42 Å². The molecule has 3 fully saturated rings. The fraction of sp³-hybridized carbons (Fsp3) is 0.706. The zero-order valence-corrected chi connectivity index (χ0v) is 11.8. The standard InChI is InChI=1S/C17H24N2/c1-11-9-18-6-5-12(11)10-19-17-8-13-7-16(17)15-4-2-3-14(13)15/h5-6,9,13-17,19H,2-4,7-8,10H2,1H3. The molecule has 1 heterocycles. The van der Waals surface area contributed by atoms with Gasteiger partial charge in [0.2, 0.25) is 0 Å². The fourth-order valence-electron chi connectivity index (χ4n) is 5.24. The molecular formula is C17H24N2. The summed E-state index contributed by atoms with van der Waals surface area (Å²) >= 11 is 0. The van der Waals surface area contributed by atoms with E-state index in [4.69, 9.17) is 0 Å². The third kappa shape index (κ3) is 1.92. The molecule has 5 unspecified atom stereocenters. The molecule has 1 aromatic heterocycles. The van der Waals surface area contributed by atoms with Crippen molar-refractivity contribution in [1.29, 1.82) is 0 Å². The lowest BCUT2D eigenvalue weighted by Gasteiger charge is -2.32. The second kappa shape index (κ2) is 4.59. The first-order valence-electron chi connectivity index (χ1n) is 7.96. The molecule has 0 spiro atoms. The number of hydrogen-bond acceptors (Lipinski definition) is 2. The topological polar surface area (TPSA) is 24.9 Å². The van der Waals surface area contributed by atoms with Gasteiger partial charge in [-0.2, -0.15) is 0 Å². The summed E-state index contributed by atoms with van der Waals surface area (Å²) in [5, 5.41) is 3.86. The molecule has 102 valence electrons. The van der Waals surface area contributed by atoms with Crippen LogP contribution < -0.4 is 5.32 Å². The number of pyridine rings is 1. The second-order valence-corrected chi connectivity index (χ2v) is 6.94. The predicted molar refractivity (Wildman–Crippen MR) is 76.6 cm³/mol. The van der Waals surface area contributed by atoms with Gasteiger partial charge in [0.1, 0.15) is 0 Å².